The van der Waals surface area contributed by atoms with Gasteiger partial charge in [0.1, 0.15) is 12.4 Å². The smallest absolute Gasteiger partial charge is 0.231 e. The summed E-state index contributed by atoms with van der Waals surface area (Å²) < 4.78 is 22.1. The lowest BCUT2D eigenvalue weighted by atomic mass is 10.1. The average Bonchev–Trinajstić information content (AvgIpc) is 3.52. The van der Waals surface area contributed by atoms with E-state index in [0.29, 0.717) is 56.5 Å². The van der Waals surface area contributed by atoms with Crippen LogP contribution in [0.1, 0.15) is 23.3 Å². The maximum atomic E-state index is 13.1. The van der Waals surface area contributed by atoms with Gasteiger partial charge in [-0.1, -0.05) is 30.3 Å². The predicted molar refractivity (Wildman–Crippen MR) is 124 cm³/mol. The highest BCUT2D eigenvalue weighted by Gasteiger charge is 2.27. The minimum absolute atomic E-state index is 0.0701. The van der Waals surface area contributed by atoms with Gasteiger partial charge >= 0.3 is 0 Å². The van der Waals surface area contributed by atoms with Crippen LogP contribution in [0.2, 0.25) is 0 Å². The molecule has 0 spiro atoms. The summed E-state index contributed by atoms with van der Waals surface area (Å²) in [5.74, 6) is 2.13. The number of aliphatic hydroxyl groups excluding tert-OH is 1. The van der Waals surface area contributed by atoms with E-state index in [4.69, 9.17) is 18.6 Å². The third-order valence-corrected chi connectivity index (χ3v) is 6.01. The van der Waals surface area contributed by atoms with Gasteiger partial charge in [0.25, 0.3) is 0 Å². The maximum Gasteiger partial charge on any atom is 0.231 e. The number of anilines is 1. The highest BCUT2D eigenvalue weighted by Crippen LogP contribution is 2.40. The minimum atomic E-state index is -0.733. The lowest BCUT2D eigenvalue weighted by Gasteiger charge is -2.34. The van der Waals surface area contributed by atoms with Crippen LogP contribution in [0.4, 0.5) is 5.69 Å². The van der Waals surface area contributed by atoms with E-state index in [1.165, 1.54) is 0 Å². The van der Waals surface area contributed by atoms with Crippen molar-refractivity contribution in [1.29, 1.82) is 0 Å². The number of rotatable bonds is 8. The van der Waals surface area contributed by atoms with Gasteiger partial charge in [-0.25, -0.2) is 0 Å². The van der Waals surface area contributed by atoms with Gasteiger partial charge in [-0.2, -0.15) is 0 Å². The van der Waals surface area contributed by atoms with Gasteiger partial charge in [0, 0.05) is 44.4 Å². The SMILES string of the molecule is O=C1CCN(CC(O)COCc2ccco2)c2cc3c(cc2CN1Cc1ccccc1)OCO3. The van der Waals surface area contributed by atoms with E-state index in [-0.39, 0.29) is 19.3 Å². The second-order valence-corrected chi connectivity index (χ2v) is 8.51. The van der Waals surface area contributed by atoms with E-state index in [1.807, 2.05) is 58.3 Å². The summed E-state index contributed by atoms with van der Waals surface area (Å²) in [6.45, 7) is 2.42. The Morgan fingerprint density at radius 2 is 1.85 bits per heavy atom. The molecule has 178 valence electrons. The van der Waals surface area contributed by atoms with Gasteiger partial charge in [-0.15, -0.1) is 0 Å². The van der Waals surface area contributed by atoms with E-state index in [2.05, 4.69) is 0 Å². The number of β-amino-alcohol motifs (C(OH)–C–C–N with tert-alkyl or cyclic N) is 1. The molecule has 0 bridgehead atoms. The van der Waals surface area contributed by atoms with Crippen LogP contribution in [-0.4, -0.2) is 48.5 Å². The number of ether oxygens (including phenoxy) is 3. The van der Waals surface area contributed by atoms with E-state index < -0.39 is 6.10 Å². The fourth-order valence-corrected chi connectivity index (χ4v) is 4.33. The molecule has 0 fully saturated rings. The fourth-order valence-electron chi connectivity index (χ4n) is 4.33. The highest BCUT2D eigenvalue weighted by molar-refractivity contribution is 5.78. The molecular formula is C26H28N2O6. The van der Waals surface area contributed by atoms with E-state index in [1.54, 1.807) is 12.3 Å². The van der Waals surface area contributed by atoms with E-state index >= 15 is 0 Å². The Morgan fingerprint density at radius 3 is 2.65 bits per heavy atom. The first-order valence-electron chi connectivity index (χ1n) is 11.4. The molecule has 2 aliphatic heterocycles. The first-order chi connectivity index (χ1) is 16.7. The van der Waals surface area contributed by atoms with Gasteiger partial charge in [0.05, 0.1) is 19.0 Å². The molecule has 1 unspecified atom stereocenters. The van der Waals surface area contributed by atoms with Crippen molar-refractivity contribution < 1.29 is 28.5 Å². The molecule has 2 aliphatic rings. The molecule has 2 aromatic carbocycles. The van der Waals surface area contributed by atoms with E-state index in [0.717, 1.165) is 16.8 Å². The highest BCUT2D eigenvalue weighted by atomic mass is 16.7. The third kappa shape index (κ3) is 5.18. The predicted octanol–water partition coefficient (Wildman–Crippen LogP) is 3.32. The van der Waals surface area contributed by atoms with Crippen LogP contribution in [0, 0.1) is 0 Å². The quantitative estimate of drug-likeness (QED) is 0.547. The lowest BCUT2D eigenvalue weighted by Crippen LogP contribution is -2.41. The number of hydrogen-bond acceptors (Lipinski definition) is 7. The second kappa shape index (κ2) is 10.2. The molecule has 1 atom stereocenters. The Kier molecular flexibility index (Phi) is 6.69. The molecule has 1 amide bonds. The lowest BCUT2D eigenvalue weighted by molar-refractivity contribution is -0.132. The molecule has 5 rings (SSSR count). The Balaban J connectivity index is 1.33. The molecule has 0 saturated carbocycles. The number of furan rings is 1. The van der Waals surface area contributed by atoms with Crippen molar-refractivity contribution >= 4 is 11.6 Å². The van der Waals surface area contributed by atoms with Crippen molar-refractivity contribution in [1.82, 2.24) is 4.90 Å². The third-order valence-electron chi connectivity index (χ3n) is 6.01. The molecule has 3 heterocycles. The molecule has 0 saturated heterocycles. The molecular weight excluding hydrogens is 436 g/mol. The molecule has 0 radical (unpaired) electrons. The van der Waals surface area contributed by atoms with Crippen LogP contribution < -0.4 is 14.4 Å². The monoisotopic (exact) mass is 464 g/mol. The second-order valence-electron chi connectivity index (χ2n) is 8.51. The standard InChI is InChI=1S/C26H28N2O6/c29-21(16-31-17-22-7-4-10-32-22)15-27-9-8-26(30)28(13-19-5-2-1-3-6-19)14-20-11-24-25(12-23(20)27)34-18-33-24/h1-7,10-12,21,29H,8-9,13-18H2. The minimum Gasteiger partial charge on any atom is -0.467 e. The Morgan fingerprint density at radius 1 is 1.03 bits per heavy atom. The van der Waals surface area contributed by atoms with Gasteiger partial charge < -0.3 is 33.5 Å². The van der Waals surface area contributed by atoms with E-state index in [9.17, 15) is 9.90 Å². The summed E-state index contributed by atoms with van der Waals surface area (Å²) in [6.07, 6.45) is 1.21. The Hall–Kier alpha value is -3.49. The summed E-state index contributed by atoms with van der Waals surface area (Å²) in [5, 5.41) is 10.7. The molecule has 1 aromatic heterocycles. The van der Waals surface area contributed by atoms with Crippen molar-refractivity contribution in [2.75, 3.05) is 31.4 Å². The largest absolute Gasteiger partial charge is 0.467 e. The summed E-state index contributed by atoms with van der Waals surface area (Å²) in [7, 11) is 0. The number of carbonyl (C=O) groups is 1. The Labute approximate surface area is 198 Å². The molecule has 1 N–H and O–H groups in total. The van der Waals surface area contributed by atoms with Gasteiger partial charge in [0.2, 0.25) is 12.7 Å². The van der Waals surface area contributed by atoms with Crippen LogP contribution in [-0.2, 0) is 29.2 Å². The van der Waals surface area contributed by atoms with Crippen molar-refractivity contribution in [3.8, 4) is 11.5 Å². The number of hydrogen-bond donors (Lipinski definition) is 1. The topological polar surface area (TPSA) is 84.6 Å². The summed E-state index contributed by atoms with van der Waals surface area (Å²) >= 11 is 0. The first-order valence-corrected chi connectivity index (χ1v) is 11.4. The van der Waals surface area contributed by atoms with Crippen molar-refractivity contribution in [2.45, 2.75) is 32.2 Å². The van der Waals surface area contributed by atoms with Gasteiger partial charge in [-0.05, 0) is 29.3 Å². The summed E-state index contributed by atoms with van der Waals surface area (Å²) in [6, 6.07) is 17.5. The number of amides is 1. The number of carbonyl (C=O) groups excluding carboxylic acids is 1. The Bertz CT molecular complexity index is 1100. The zero-order chi connectivity index (χ0) is 23.3. The molecule has 3 aromatic rings. The van der Waals surface area contributed by atoms with Crippen molar-refractivity contribution in [2.24, 2.45) is 0 Å². The normalized spacial score (nSPS) is 16.2. The van der Waals surface area contributed by atoms with Gasteiger partial charge in [-0.3, -0.25) is 4.79 Å². The maximum absolute atomic E-state index is 13.1. The summed E-state index contributed by atoms with van der Waals surface area (Å²) in [5.41, 5.74) is 2.97. The fraction of sp³-hybridized carbons (Fsp3) is 0.346. The zero-order valence-electron chi connectivity index (χ0n) is 18.9. The molecule has 0 aliphatic carbocycles. The number of aliphatic hydroxyl groups is 1. The number of fused-ring (bicyclic) bond motifs is 2. The zero-order valence-corrected chi connectivity index (χ0v) is 18.9. The van der Waals surface area contributed by atoms with Crippen LogP contribution in [0.15, 0.2) is 65.3 Å². The van der Waals surface area contributed by atoms with Crippen LogP contribution in [0.5, 0.6) is 11.5 Å². The van der Waals surface area contributed by atoms with Crippen LogP contribution in [0.25, 0.3) is 0 Å². The van der Waals surface area contributed by atoms with Crippen molar-refractivity contribution in [3.05, 3.63) is 77.7 Å². The van der Waals surface area contributed by atoms with Crippen molar-refractivity contribution in [3.63, 3.8) is 0 Å². The molecule has 8 nitrogen and oxygen atoms in total. The van der Waals surface area contributed by atoms with Crippen LogP contribution >= 0.6 is 0 Å². The first kappa shape index (κ1) is 22.3. The number of benzene rings is 2. The average molecular weight is 465 g/mol. The molecule has 34 heavy (non-hydrogen) atoms. The van der Waals surface area contributed by atoms with Crippen LogP contribution in [0.3, 0.4) is 0 Å². The van der Waals surface area contributed by atoms with Gasteiger partial charge in [0.15, 0.2) is 11.5 Å². The number of nitrogens with zero attached hydrogens (tertiary/aromatic N) is 2. The summed E-state index contributed by atoms with van der Waals surface area (Å²) in [4.78, 5) is 17.0. The molecule has 8 heteroatoms.